The van der Waals surface area contributed by atoms with Crippen LogP contribution in [0.2, 0.25) is 5.02 Å². The summed E-state index contributed by atoms with van der Waals surface area (Å²) in [6.07, 6.45) is 1.60. The van der Waals surface area contributed by atoms with Crippen molar-refractivity contribution in [1.82, 2.24) is 4.98 Å². The summed E-state index contributed by atoms with van der Waals surface area (Å²) in [5.41, 5.74) is 0.0516. The fraction of sp³-hybridized carbons (Fsp3) is 0.250. The SMILES string of the molecule is O=C(Oc1ccc([N+](=O)[O-])c(Cl)c1)c1cccnc1N1CCOCC1. The lowest BCUT2D eigenvalue weighted by Crippen LogP contribution is -2.37. The lowest BCUT2D eigenvalue weighted by molar-refractivity contribution is -0.384. The third-order valence-electron chi connectivity index (χ3n) is 3.64. The van der Waals surface area contributed by atoms with Gasteiger partial charge in [-0.25, -0.2) is 9.78 Å². The number of pyridine rings is 1. The molecule has 0 aliphatic carbocycles. The molecule has 0 unspecified atom stereocenters. The van der Waals surface area contributed by atoms with Crippen LogP contribution in [-0.2, 0) is 4.74 Å². The Morgan fingerprint density at radius 2 is 2.08 bits per heavy atom. The molecule has 1 aliphatic heterocycles. The van der Waals surface area contributed by atoms with Crippen LogP contribution in [0.15, 0.2) is 36.5 Å². The Balaban J connectivity index is 1.82. The first-order valence-corrected chi connectivity index (χ1v) is 7.88. The predicted octanol–water partition coefficient (Wildman–Crippen LogP) is 2.70. The average Bonchev–Trinajstić information content (AvgIpc) is 2.62. The van der Waals surface area contributed by atoms with E-state index in [2.05, 4.69) is 4.98 Å². The van der Waals surface area contributed by atoms with Crippen molar-refractivity contribution in [1.29, 1.82) is 0 Å². The van der Waals surface area contributed by atoms with Crippen LogP contribution >= 0.6 is 11.6 Å². The average molecular weight is 364 g/mol. The summed E-state index contributed by atoms with van der Waals surface area (Å²) in [6, 6.07) is 7.02. The van der Waals surface area contributed by atoms with Gasteiger partial charge in [-0.2, -0.15) is 0 Å². The Kier molecular flexibility index (Phi) is 5.11. The Hall–Kier alpha value is -2.71. The molecule has 0 radical (unpaired) electrons. The number of benzene rings is 1. The van der Waals surface area contributed by atoms with Crippen molar-refractivity contribution in [3.05, 3.63) is 57.2 Å². The number of rotatable bonds is 4. The van der Waals surface area contributed by atoms with Crippen LogP contribution in [0.4, 0.5) is 11.5 Å². The highest BCUT2D eigenvalue weighted by Crippen LogP contribution is 2.29. The number of nitrogens with zero attached hydrogens (tertiary/aromatic N) is 3. The van der Waals surface area contributed by atoms with Crippen LogP contribution in [0.5, 0.6) is 5.75 Å². The molecule has 8 nitrogen and oxygen atoms in total. The molecule has 0 bridgehead atoms. The second-order valence-corrected chi connectivity index (χ2v) is 5.64. The van der Waals surface area contributed by atoms with E-state index in [0.29, 0.717) is 37.7 Å². The molecule has 1 saturated heterocycles. The topological polar surface area (TPSA) is 94.8 Å². The molecule has 1 fully saturated rings. The molecule has 0 N–H and O–H groups in total. The monoisotopic (exact) mass is 363 g/mol. The van der Waals surface area contributed by atoms with Gasteiger partial charge in [-0.05, 0) is 18.2 Å². The molecule has 1 aromatic carbocycles. The maximum Gasteiger partial charge on any atom is 0.347 e. The minimum atomic E-state index is -0.612. The van der Waals surface area contributed by atoms with Crippen LogP contribution in [0.3, 0.4) is 0 Å². The number of ether oxygens (including phenoxy) is 2. The fourth-order valence-electron chi connectivity index (χ4n) is 2.44. The normalized spacial score (nSPS) is 14.2. The van der Waals surface area contributed by atoms with Crippen LogP contribution in [0, 0.1) is 10.1 Å². The molecule has 1 aliphatic rings. The molecular formula is C16H14ClN3O5. The molecule has 25 heavy (non-hydrogen) atoms. The van der Waals surface area contributed by atoms with Gasteiger partial charge in [0, 0.05) is 31.4 Å². The smallest absolute Gasteiger partial charge is 0.347 e. The molecule has 2 aromatic rings. The van der Waals surface area contributed by atoms with Gasteiger partial charge in [0.2, 0.25) is 0 Å². The maximum absolute atomic E-state index is 12.5. The van der Waals surface area contributed by atoms with E-state index < -0.39 is 10.9 Å². The van der Waals surface area contributed by atoms with Gasteiger partial charge in [-0.3, -0.25) is 10.1 Å². The zero-order chi connectivity index (χ0) is 17.8. The van der Waals surface area contributed by atoms with Gasteiger partial charge in [-0.1, -0.05) is 11.6 Å². The van der Waals surface area contributed by atoms with E-state index in [1.165, 1.54) is 18.2 Å². The summed E-state index contributed by atoms with van der Waals surface area (Å²) >= 11 is 5.84. The minimum Gasteiger partial charge on any atom is -0.423 e. The van der Waals surface area contributed by atoms with Crippen molar-refractivity contribution in [2.75, 3.05) is 31.2 Å². The Labute approximate surface area is 148 Å². The highest BCUT2D eigenvalue weighted by molar-refractivity contribution is 6.32. The highest BCUT2D eigenvalue weighted by Gasteiger charge is 2.22. The standard InChI is InChI=1S/C16H14ClN3O5/c17-13-10-11(3-4-14(13)20(22)23)25-16(21)12-2-1-5-18-15(12)19-6-8-24-9-7-19/h1-5,10H,6-9H2. The number of nitro benzene ring substituents is 1. The van der Waals surface area contributed by atoms with Gasteiger partial charge in [0.1, 0.15) is 22.2 Å². The molecule has 0 saturated carbocycles. The van der Waals surface area contributed by atoms with Gasteiger partial charge >= 0.3 is 5.97 Å². The molecule has 0 atom stereocenters. The van der Waals surface area contributed by atoms with Crippen molar-refractivity contribution >= 4 is 29.1 Å². The Bertz CT molecular complexity index is 808. The minimum absolute atomic E-state index is 0.102. The summed E-state index contributed by atoms with van der Waals surface area (Å²) in [5.74, 6) is 0.0284. The van der Waals surface area contributed by atoms with Crippen LogP contribution in [0.1, 0.15) is 10.4 Å². The number of carbonyl (C=O) groups excluding carboxylic acids is 1. The summed E-state index contributed by atoms with van der Waals surface area (Å²) in [4.78, 5) is 28.9. The molecule has 0 amide bonds. The Morgan fingerprint density at radius 1 is 1.32 bits per heavy atom. The predicted molar refractivity (Wildman–Crippen MR) is 90.3 cm³/mol. The van der Waals surface area contributed by atoms with Crippen LogP contribution in [-0.4, -0.2) is 42.2 Å². The van der Waals surface area contributed by atoms with E-state index in [1.807, 2.05) is 4.90 Å². The van der Waals surface area contributed by atoms with Crippen molar-refractivity contribution < 1.29 is 19.2 Å². The third-order valence-corrected chi connectivity index (χ3v) is 3.95. The molecule has 130 valence electrons. The molecule has 9 heteroatoms. The molecule has 0 spiro atoms. The van der Waals surface area contributed by atoms with Gasteiger partial charge < -0.3 is 14.4 Å². The zero-order valence-electron chi connectivity index (χ0n) is 13.1. The number of aromatic nitrogens is 1. The van der Waals surface area contributed by atoms with Gasteiger partial charge in [0.25, 0.3) is 5.69 Å². The third kappa shape index (κ3) is 3.86. The number of nitro groups is 1. The molecule has 3 rings (SSSR count). The lowest BCUT2D eigenvalue weighted by atomic mass is 10.2. The summed E-state index contributed by atoms with van der Waals surface area (Å²) in [5, 5.41) is 10.7. The quantitative estimate of drug-likeness (QED) is 0.356. The van der Waals surface area contributed by atoms with E-state index in [4.69, 9.17) is 21.1 Å². The van der Waals surface area contributed by atoms with Gasteiger partial charge in [0.05, 0.1) is 18.1 Å². The molecule has 2 heterocycles. The maximum atomic E-state index is 12.5. The van der Waals surface area contributed by atoms with E-state index in [-0.39, 0.29) is 16.5 Å². The number of halogens is 1. The molecular weight excluding hydrogens is 350 g/mol. The fourth-order valence-corrected chi connectivity index (χ4v) is 2.68. The number of hydrogen-bond donors (Lipinski definition) is 0. The second kappa shape index (κ2) is 7.45. The van der Waals surface area contributed by atoms with Crippen LogP contribution < -0.4 is 9.64 Å². The lowest BCUT2D eigenvalue weighted by Gasteiger charge is -2.28. The van der Waals surface area contributed by atoms with Crippen molar-refractivity contribution in [3.63, 3.8) is 0 Å². The second-order valence-electron chi connectivity index (χ2n) is 5.23. The largest absolute Gasteiger partial charge is 0.423 e. The zero-order valence-corrected chi connectivity index (χ0v) is 13.8. The highest BCUT2D eigenvalue weighted by atomic mass is 35.5. The summed E-state index contributed by atoms with van der Waals surface area (Å²) < 4.78 is 10.6. The summed E-state index contributed by atoms with van der Waals surface area (Å²) in [7, 11) is 0. The number of morpholine rings is 1. The first-order valence-electron chi connectivity index (χ1n) is 7.50. The number of hydrogen-bond acceptors (Lipinski definition) is 7. The van der Waals surface area contributed by atoms with Gasteiger partial charge in [-0.15, -0.1) is 0 Å². The summed E-state index contributed by atoms with van der Waals surface area (Å²) in [6.45, 7) is 2.37. The van der Waals surface area contributed by atoms with Gasteiger partial charge in [0.15, 0.2) is 0 Å². The first-order chi connectivity index (χ1) is 12.1. The first kappa shape index (κ1) is 17.1. The van der Waals surface area contributed by atoms with E-state index >= 15 is 0 Å². The van der Waals surface area contributed by atoms with E-state index in [9.17, 15) is 14.9 Å². The number of carbonyl (C=O) groups is 1. The van der Waals surface area contributed by atoms with Crippen molar-refractivity contribution in [2.24, 2.45) is 0 Å². The van der Waals surface area contributed by atoms with E-state index in [1.54, 1.807) is 18.3 Å². The van der Waals surface area contributed by atoms with Crippen molar-refractivity contribution in [2.45, 2.75) is 0 Å². The van der Waals surface area contributed by atoms with Crippen molar-refractivity contribution in [3.8, 4) is 5.75 Å². The number of anilines is 1. The molecule has 1 aromatic heterocycles. The van der Waals surface area contributed by atoms with E-state index in [0.717, 1.165) is 0 Å². The van der Waals surface area contributed by atoms with Crippen LogP contribution in [0.25, 0.3) is 0 Å². The number of esters is 1. The Morgan fingerprint density at radius 3 is 2.76 bits per heavy atom.